The van der Waals surface area contributed by atoms with Gasteiger partial charge < -0.3 is 4.74 Å². The molecule has 9 rings (SSSR count). The van der Waals surface area contributed by atoms with Gasteiger partial charge in [-0.15, -0.1) is 0 Å². The zero-order valence-corrected chi connectivity index (χ0v) is 24.1. The van der Waals surface area contributed by atoms with E-state index in [9.17, 15) is 0 Å². The average Bonchev–Trinajstić information content (AvgIpc) is 3.10. The summed E-state index contributed by atoms with van der Waals surface area (Å²) in [5.41, 5.74) is 8.66. The molecule has 0 bridgehead atoms. The maximum atomic E-state index is 6.63. The van der Waals surface area contributed by atoms with Crippen molar-refractivity contribution < 1.29 is 4.74 Å². The molecular formula is C43H28O. The van der Waals surface area contributed by atoms with Gasteiger partial charge >= 0.3 is 0 Å². The van der Waals surface area contributed by atoms with Gasteiger partial charge in [0.05, 0.1) is 0 Å². The molecule has 1 aliphatic rings. The maximum Gasteiger partial charge on any atom is 0.132 e. The van der Waals surface area contributed by atoms with Crippen LogP contribution in [0.15, 0.2) is 164 Å². The van der Waals surface area contributed by atoms with Gasteiger partial charge in [0.15, 0.2) is 0 Å². The van der Waals surface area contributed by atoms with E-state index in [0.29, 0.717) is 0 Å². The molecule has 8 aromatic carbocycles. The molecule has 0 unspecified atom stereocenters. The Kier molecular flexibility index (Phi) is 5.64. The maximum absolute atomic E-state index is 6.63. The van der Waals surface area contributed by atoms with Crippen molar-refractivity contribution in [1.29, 1.82) is 0 Å². The molecule has 8 aromatic rings. The lowest BCUT2D eigenvalue weighted by Gasteiger charge is -2.31. The van der Waals surface area contributed by atoms with E-state index in [1.807, 2.05) is 0 Å². The molecule has 0 N–H and O–H groups in total. The highest BCUT2D eigenvalue weighted by atomic mass is 16.5. The molecule has 44 heavy (non-hydrogen) atoms. The minimum absolute atomic E-state index is 0.0429. The van der Waals surface area contributed by atoms with Crippen LogP contribution in [0.25, 0.3) is 54.6 Å². The molecule has 0 aromatic heterocycles. The highest BCUT2D eigenvalue weighted by Crippen LogP contribution is 2.52. The number of rotatable bonds is 3. The molecule has 0 spiro atoms. The van der Waals surface area contributed by atoms with Crippen LogP contribution in [0.2, 0.25) is 0 Å². The molecule has 1 heterocycles. The standard InChI is InChI=1S/C43H28O/c1-2-9-29(10-3-1)35-16-8-13-32-19-22-34(27-38(32)35)28-17-20-33(21-18-28)41-42-36-14-6-4-11-30(36)23-25-39(42)44-40-26-24-31-12-5-7-15-37(31)43(40)41/h1-27,41H. The fraction of sp³-hybridized carbons (Fsp3) is 0.0233. The minimum Gasteiger partial charge on any atom is -0.457 e. The Balaban J connectivity index is 1.21. The topological polar surface area (TPSA) is 9.23 Å². The van der Waals surface area contributed by atoms with Crippen molar-refractivity contribution in [3.05, 3.63) is 180 Å². The average molecular weight is 561 g/mol. The van der Waals surface area contributed by atoms with Crippen LogP contribution in [-0.4, -0.2) is 0 Å². The fourth-order valence-corrected chi connectivity index (χ4v) is 7.11. The van der Waals surface area contributed by atoms with E-state index in [-0.39, 0.29) is 5.92 Å². The lowest BCUT2D eigenvalue weighted by Crippen LogP contribution is -2.13. The first kappa shape index (κ1) is 24.9. The Morgan fingerprint density at radius 2 is 0.909 bits per heavy atom. The molecule has 206 valence electrons. The third-order valence-corrected chi connectivity index (χ3v) is 9.20. The van der Waals surface area contributed by atoms with Gasteiger partial charge in [-0.2, -0.15) is 0 Å². The van der Waals surface area contributed by atoms with Crippen LogP contribution < -0.4 is 4.74 Å². The molecule has 0 atom stereocenters. The van der Waals surface area contributed by atoms with E-state index in [1.165, 1.54) is 71.3 Å². The predicted molar refractivity (Wildman–Crippen MR) is 184 cm³/mol. The van der Waals surface area contributed by atoms with Gasteiger partial charge in [-0.25, -0.2) is 0 Å². The number of benzene rings is 8. The van der Waals surface area contributed by atoms with Gasteiger partial charge in [-0.1, -0.05) is 146 Å². The van der Waals surface area contributed by atoms with Crippen molar-refractivity contribution in [2.45, 2.75) is 5.92 Å². The smallest absolute Gasteiger partial charge is 0.132 e. The second kappa shape index (κ2) is 9.97. The van der Waals surface area contributed by atoms with Crippen LogP contribution in [0, 0.1) is 0 Å². The first-order valence-electron chi connectivity index (χ1n) is 15.2. The van der Waals surface area contributed by atoms with Crippen LogP contribution in [0.1, 0.15) is 22.6 Å². The molecule has 1 heteroatoms. The summed E-state index contributed by atoms with van der Waals surface area (Å²) in [5, 5.41) is 7.45. The van der Waals surface area contributed by atoms with E-state index in [0.717, 1.165) is 11.5 Å². The second-order valence-corrected chi connectivity index (χ2v) is 11.7. The fourth-order valence-electron chi connectivity index (χ4n) is 7.11. The third kappa shape index (κ3) is 3.94. The van der Waals surface area contributed by atoms with Crippen LogP contribution in [0.5, 0.6) is 11.5 Å². The van der Waals surface area contributed by atoms with Crippen molar-refractivity contribution in [3.63, 3.8) is 0 Å². The Morgan fingerprint density at radius 1 is 0.364 bits per heavy atom. The lowest BCUT2D eigenvalue weighted by molar-refractivity contribution is 0.456. The van der Waals surface area contributed by atoms with Crippen LogP contribution in [0.3, 0.4) is 0 Å². The van der Waals surface area contributed by atoms with Crippen LogP contribution in [-0.2, 0) is 0 Å². The number of hydrogen-bond donors (Lipinski definition) is 0. The zero-order chi connectivity index (χ0) is 29.0. The Hall–Kier alpha value is -5.66. The monoisotopic (exact) mass is 560 g/mol. The van der Waals surface area contributed by atoms with E-state index < -0.39 is 0 Å². The Labute approximate surface area is 256 Å². The second-order valence-electron chi connectivity index (χ2n) is 11.7. The highest BCUT2D eigenvalue weighted by Gasteiger charge is 2.32. The first-order chi connectivity index (χ1) is 21.8. The van der Waals surface area contributed by atoms with Crippen molar-refractivity contribution in [3.8, 4) is 33.8 Å². The summed E-state index contributed by atoms with van der Waals surface area (Å²) in [4.78, 5) is 0. The summed E-state index contributed by atoms with van der Waals surface area (Å²) in [6, 6.07) is 59.2. The predicted octanol–water partition coefficient (Wildman–Crippen LogP) is 11.8. The third-order valence-electron chi connectivity index (χ3n) is 9.20. The summed E-state index contributed by atoms with van der Waals surface area (Å²) in [6.45, 7) is 0. The first-order valence-corrected chi connectivity index (χ1v) is 15.2. The van der Waals surface area contributed by atoms with Crippen molar-refractivity contribution in [2.75, 3.05) is 0 Å². The summed E-state index contributed by atoms with van der Waals surface area (Å²) in [7, 11) is 0. The van der Waals surface area contributed by atoms with E-state index in [2.05, 4.69) is 164 Å². The van der Waals surface area contributed by atoms with Crippen LogP contribution in [0.4, 0.5) is 0 Å². The Morgan fingerprint density at radius 3 is 1.59 bits per heavy atom. The summed E-state index contributed by atoms with van der Waals surface area (Å²) >= 11 is 0. The molecular weight excluding hydrogens is 532 g/mol. The Bertz CT molecular complexity index is 2260. The lowest BCUT2D eigenvalue weighted by atomic mass is 9.78. The van der Waals surface area contributed by atoms with Gasteiger partial charge in [-0.05, 0) is 78.3 Å². The molecule has 0 fully saturated rings. The van der Waals surface area contributed by atoms with E-state index >= 15 is 0 Å². The van der Waals surface area contributed by atoms with Crippen molar-refractivity contribution in [2.24, 2.45) is 0 Å². The van der Waals surface area contributed by atoms with E-state index in [1.54, 1.807) is 0 Å². The molecule has 0 radical (unpaired) electrons. The number of hydrogen-bond acceptors (Lipinski definition) is 1. The van der Waals surface area contributed by atoms with Gasteiger partial charge in [0.25, 0.3) is 0 Å². The highest BCUT2D eigenvalue weighted by molar-refractivity contribution is 5.99. The normalized spacial score (nSPS) is 12.6. The van der Waals surface area contributed by atoms with Crippen molar-refractivity contribution in [1.82, 2.24) is 0 Å². The minimum atomic E-state index is 0.0429. The molecule has 0 amide bonds. The molecule has 1 nitrogen and oxygen atoms in total. The van der Waals surface area contributed by atoms with Gasteiger partial charge in [0.1, 0.15) is 11.5 Å². The van der Waals surface area contributed by atoms with Gasteiger partial charge in [0.2, 0.25) is 0 Å². The number of ether oxygens (including phenoxy) is 1. The molecule has 1 aliphatic heterocycles. The number of fused-ring (bicyclic) bond motifs is 7. The largest absolute Gasteiger partial charge is 0.457 e. The summed E-state index contributed by atoms with van der Waals surface area (Å²) < 4.78 is 6.63. The zero-order valence-electron chi connectivity index (χ0n) is 24.1. The summed E-state index contributed by atoms with van der Waals surface area (Å²) in [5.74, 6) is 1.91. The van der Waals surface area contributed by atoms with Gasteiger partial charge in [0, 0.05) is 17.0 Å². The molecule has 0 saturated heterocycles. The van der Waals surface area contributed by atoms with Crippen molar-refractivity contribution >= 4 is 32.3 Å². The molecule has 0 aliphatic carbocycles. The van der Waals surface area contributed by atoms with Crippen LogP contribution >= 0.6 is 0 Å². The van der Waals surface area contributed by atoms with E-state index in [4.69, 9.17) is 4.74 Å². The SMILES string of the molecule is c1ccc(-c2cccc3ccc(-c4ccc(C5c6c(ccc7ccccc67)Oc6ccc7ccccc7c65)cc4)cc23)cc1. The van der Waals surface area contributed by atoms with Gasteiger partial charge in [-0.3, -0.25) is 0 Å². The molecule has 0 saturated carbocycles. The quantitative estimate of drug-likeness (QED) is 0.209. The summed E-state index contributed by atoms with van der Waals surface area (Å²) in [6.07, 6.45) is 0.